The van der Waals surface area contributed by atoms with Crippen molar-refractivity contribution in [1.82, 2.24) is 5.32 Å². The van der Waals surface area contributed by atoms with E-state index < -0.39 is 5.97 Å². The topological polar surface area (TPSA) is 69.6 Å². The molecule has 0 bridgehead atoms. The standard InChI is InChI=1S/C15H20N2O3/c1-10-5-3-4-6-13(10)17(8-7-14(18)19)15(20)16-12-9-11(12)2/h3-6,11-12H,7-9H2,1-2H3,(H,16,20)(H,18,19). The van der Waals surface area contributed by atoms with Gasteiger partial charge in [-0.2, -0.15) is 0 Å². The van der Waals surface area contributed by atoms with Crippen LogP contribution in [0.4, 0.5) is 10.5 Å². The minimum absolute atomic E-state index is 0.0675. The highest BCUT2D eigenvalue weighted by Gasteiger charge is 2.35. The van der Waals surface area contributed by atoms with E-state index in [4.69, 9.17) is 5.11 Å². The van der Waals surface area contributed by atoms with Crippen LogP contribution < -0.4 is 10.2 Å². The lowest BCUT2D eigenvalue weighted by Crippen LogP contribution is -2.43. The van der Waals surface area contributed by atoms with Gasteiger partial charge >= 0.3 is 12.0 Å². The molecule has 2 amide bonds. The van der Waals surface area contributed by atoms with E-state index in [1.54, 1.807) is 0 Å². The Morgan fingerprint density at radius 3 is 2.60 bits per heavy atom. The van der Waals surface area contributed by atoms with Crippen molar-refractivity contribution in [2.45, 2.75) is 32.7 Å². The van der Waals surface area contributed by atoms with Gasteiger partial charge in [0, 0.05) is 18.3 Å². The van der Waals surface area contributed by atoms with Crippen LogP contribution in [-0.2, 0) is 4.79 Å². The molecule has 0 aliphatic heterocycles. The Hall–Kier alpha value is -2.04. The third kappa shape index (κ3) is 3.50. The van der Waals surface area contributed by atoms with Crippen LogP contribution in [0.25, 0.3) is 0 Å². The molecule has 2 unspecified atom stereocenters. The molecule has 0 radical (unpaired) electrons. The van der Waals surface area contributed by atoms with Gasteiger partial charge in [0.2, 0.25) is 0 Å². The first-order valence-corrected chi connectivity index (χ1v) is 6.84. The summed E-state index contributed by atoms with van der Waals surface area (Å²) < 4.78 is 0. The molecule has 2 atom stereocenters. The number of anilines is 1. The number of hydrogen-bond donors (Lipinski definition) is 2. The molecule has 1 aliphatic rings. The number of carbonyl (C=O) groups excluding carboxylic acids is 1. The molecule has 1 saturated carbocycles. The molecule has 5 heteroatoms. The van der Waals surface area contributed by atoms with Crippen molar-refractivity contribution in [3.8, 4) is 0 Å². The quantitative estimate of drug-likeness (QED) is 0.867. The van der Waals surface area contributed by atoms with Crippen LogP contribution in [0.2, 0.25) is 0 Å². The van der Waals surface area contributed by atoms with Crippen molar-refractivity contribution in [3.63, 3.8) is 0 Å². The highest BCUT2D eigenvalue weighted by molar-refractivity contribution is 5.93. The van der Waals surface area contributed by atoms with Gasteiger partial charge in [-0.25, -0.2) is 4.79 Å². The maximum atomic E-state index is 12.3. The lowest BCUT2D eigenvalue weighted by atomic mass is 10.2. The second kappa shape index (κ2) is 5.94. The number of rotatable bonds is 5. The molecule has 0 heterocycles. The fraction of sp³-hybridized carbons (Fsp3) is 0.467. The Kier molecular flexibility index (Phi) is 4.27. The molecule has 1 aromatic carbocycles. The van der Waals surface area contributed by atoms with Crippen molar-refractivity contribution in [2.75, 3.05) is 11.4 Å². The fourth-order valence-corrected chi connectivity index (χ4v) is 2.16. The minimum atomic E-state index is -0.906. The van der Waals surface area contributed by atoms with E-state index >= 15 is 0 Å². The third-order valence-corrected chi connectivity index (χ3v) is 3.62. The number of carbonyl (C=O) groups is 2. The number of aliphatic carboxylic acids is 1. The van der Waals surface area contributed by atoms with Crippen LogP contribution in [-0.4, -0.2) is 29.7 Å². The first-order chi connectivity index (χ1) is 9.49. The summed E-state index contributed by atoms with van der Waals surface area (Å²) in [5.74, 6) is -0.395. The predicted octanol–water partition coefficient (Wildman–Crippen LogP) is 2.39. The Balaban J connectivity index is 2.13. The molecule has 0 spiro atoms. The Morgan fingerprint density at radius 2 is 2.05 bits per heavy atom. The summed E-state index contributed by atoms with van der Waals surface area (Å²) >= 11 is 0. The summed E-state index contributed by atoms with van der Waals surface area (Å²) in [4.78, 5) is 24.6. The Morgan fingerprint density at radius 1 is 1.40 bits per heavy atom. The van der Waals surface area contributed by atoms with E-state index in [2.05, 4.69) is 12.2 Å². The second-order valence-corrected chi connectivity index (χ2v) is 5.35. The van der Waals surface area contributed by atoms with Crippen LogP contribution in [0.15, 0.2) is 24.3 Å². The maximum Gasteiger partial charge on any atom is 0.322 e. The van der Waals surface area contributed by atoms with Crippen molar-refractivity contribution in [3.05, 3.63) is 29.8 Å². The molecular weight excluding hydrogens is 256 g/mol. The summed E-state index contributed by atoms with van der Waals surface area (Å²) in [5, 5.41) is 11.8. The van der Waals surface area contributed by atoms with Crippen LogP contribution in [0.3, 0.4) is 0 Å². The number of carboxylic acid groups (broad SMARTS) is 1. The summed E-state index contributed by atoms with van der Waals surface area (Å²) in [6.07, 6.45) is 0.925. The molecule has 20 heavy (non-hydrogen) atoms. The molecule has 2 N–H and O–H groups in total. The number of carboxylic acids is 1. The summed E-state index contributed by atoms with van der Waals surface area (Å²) in [7, 11) is 0. The van der Waals surface area contributed by atoms with Crippen LogP contribution >= 0.6 is 0 Å². The minimum Gasteiger partial charge on any atom is -0.481 e. The molecular formula is C15H20N2O3. The molecule has 0 saturated heterocycles. The Labute approximate surface area is 118 Å². The van der Waals surface area contributed by atoms with Gasteiger partial charge in [-0.3, -0.25) is 9.69 Å². The van der Waals surface area contributed by atoms with Gasteiger partial charge in [-0.05, 0) is 30.9 Å². The number of benzene rings is 1. The molecule has 0 aromatic heterocycles. The zero-order valence-electron chi connectivity index (χ0n) is 11.8. The number of nitrogens with one attached hydrogen (secondary N) is 1. The van der Waals surface area contributed by atoms with Gasteiger partial charge in [-0.15, -0.1) is 0 Å². The number of para-hydroxylation sites is 1. The number of aryl methyl sites for hydroxylation is 1. The van der Waals surface area contributed by atoms with E-state index in [0.717, 1.165) is 17.7 Å². The molecule has 1 fully saturated rings. The fourth-order valence-electron chi connectivity index (χ4n) is 2.16. The van der Waals surface area contributed by atoms with Crippen LogP contribution in [0.5, 0.6) is 0 Å². The average molecular weight is 276 g/mol. The molecule has 2 rings (SSSR count). The van der Waals surface area contributed by atoms with E-state index in [0.29, 0.717) is 5.92 Å². The molecule has 108 valence electrons. The zero-order chi connectivity index (χ0) is 14.7. The van der Waals surface area contributed by atoms with Gasteiger partial charge in [0.25, 0.3) is 0 Å². The SMILES string of the molecule is Cc1ccccc1N(CCC(=O)O)C(=O)NC1CC1C. The van der Waals surface area contributed by atoms with E-state index in [1.165, 1.54) is 4.90 Å². The number of nitrogens with zero attached hydrogens (tertiary/aromatic N) is 1. The first-order valence-electron chi connectivity index (χ1n) is 6.84. The summed E-state index contributed by atoms with van der Waals surface area (Å²) in [6, 6.07) is 7.51. The third-order valence-electron chi connectivity index (χ3n) is 3.62. The van der Waals surface area contributed by atoms with Crippen molar-refractivity contribution in [2.24, 2.45) is 5.92 Å². The molecule has 1 aliphatic carbocycles. The monoisotopic (exact) mass is 276 g/mol. The number of hydrogen-bond acceptors (Lipinski definition) is 2. The van der Waals surface area contributed by atoms with Gasteiger partial charge in [0.15, 0.2) is 0 Å². The van der Waals surface area contributed by atoms with Crippen molar-refractivity contribution < 1.29 is 14.7 Å². The summed E-state index contributed by atoms with van der Waals surface area (Å²) in [5.41, 5.74) is 1.72. The Bertz CT molecular complexity index is 516. The number of amides is 2. The first kappa shape index (κ1) is 14.4. The largest absolute Gasteiger partial charge is 0.481 e. The van der Waals surface area contributed by atoms with Gasteiger partial charge in [0.05, 0.1) is 6.42 Å². The summed E-state index contributed by atoms with van der Waals surface area (Å²) in [6.45, 7) is 4.17. The van der Waals surface area contributed by atoms with Crippen molar-refractivity contribution in [1.29, 1.82) is 0 Å². The van der Waals surface area contributed by atoms with Crippen LogP contribution in [0.1, 0.15) is 25.3 Å². The molecule has 1 aromatic rings. The highest BCUT2D eigenvalue weighted by atomic mass is 16.4. The van der Waals surface area contributed by atoms with Gasteiger partial charge < -0.3 is 10.4 Å². The molecule has 5 nitrogen and oxygen atoms in total. The lowest BCUT2D eigenvalue weighted by Gasteiger charge is -2.24. The van der Waals surface area contributed by atoms with E-state index in [1.807, 2.05) is 31.2 Å². The second-order valence-electron chi connectivity index (χ2n) is 5.35. The predicted molar refractivity (Wildman–Crippen MR) is 76.9 cm³/mol. The lowest BCUT2D eigenvalue weighted by molar-refractivity contribution is -0.136. The van der Waals surface area contributed by atoms with Gasteiger partial charge in [-0.1, -0.05) is 25.1 Å². The van der Waals surface area contributed by atoms with Crippen molar-refractivity contribution >= 4 is 17.7 Å². The smallest absolute Gasteiger partial charge is 0.322 e. The van der Waals surface area contributed by atoms with E-state index in [-0.39, 0.29) is 25.0 Å². The van der Waals surface area contributed by atoms with Crippen LogP contribution in [0, 0.1) is 12.8 Å². The highest BCUT2D eigenvalue weighted by Crippen LogP contribution is 2.29. The zero-order valence-corrected chi connectivity index (χ0v) is 11.8. The van der Waals surface area contributed by atoms with E-state index in [9.17, 15) is 9.59 Å². The number of urea groups is 1. The normalized spacial score (nSPS) is 20.3. The van der Waals surface area contributed by atoms with Gasteiger partial charge in [0.1, 0.15) is 0 Å². The maximum absolute atomic E-state index is 12.3. The average Bonchev–Trinajstić information content (AvgIpc) is 3.06.